The second-order valence-corrected chi connectivity index (χ2v) is 3.98. The monoisotopic (exact) mass is 189 g/mol. The highest BCUT2D eigenvalue weighted by molar-refractivity contribution is 8.01. The van der Waals surface area contributed by atoms with Gasteiger partial charge >= 0.3 is 0 Å². The van der Waals surface area contributed by atoms with Crippen molar-refractivity contribution in [3.05, 3.63) is 17.5 Å². The number of hydrogen-bond donors (Lipinski definition) is 2. The first-order valence-electron chi connectivity index (χ1n) is 2.92. The summed E-state index contributed by atoms with van der Waals surface area (Å²) in [6.07, 6.45) is 0. The van der Waals surface area contributed by atoms with Crippen LogP contribution in [0, 0.1) is 0 Å². The number of nitrogens with one attached hydrogen (secondary N) is 1. The van der Waals surface area contributed by atoms with Crippen molar-refractivity contribution in [3.63, 3.8) is 0 Å². The fourth-order valence-electron chi connectivity index (χ4n) is 0.515. The Labute approximate surface area is 72.4 Å². The van der Waals surface area contributed by atoms with Gasteiger partial charge in [0.05, 0.1) is 9.96 Å². The topological polar surface area (TPSA) is 49.3 Å². The van der Waals surface area contributed by atoms with Crippen LogP contribution in [0.15, 0.2) is 21.7 Å². The molecule has 0 bridgehead atoms. The van der Waals surface area contributed by atoms with E-state index < -0.39 is 0 Å². The molecule has 2 N–H and O–H groups in total. The quantitative estimate of drug-likeness (QED) is 0.428. The van der Waals surface area contributed by atoms with E-state index in [1.165, 1.54) is 11.8 Å². The second kappa shape index (κ2) is 4.38. The smallest absolute Gasteiger partial charge is 0.253 e. The molecule has 0 fully saturated rings. The number of carbonyl (C=O) groups excluding carboxylic acids is 1. The maximum absolute atomic E-state index is 10.5. The van der Waals surface area contributed by atoms with Crippen LogP contribution in [0.4, 0.5) is 0 Å². The number of amides is 1. The molecule has 0 aliphatic rings. The van der Waals surface area contributed by atoms with Crippen molar-refractivity contribution in [1.82, 2.24) is 5.48 Å². The Morgan fingerprint density at radius 3 is 3.18 bits per heavy atom. The van der Waals surface area contributed by atoms with Crippen LogP contribution < -0.4 is 5.48 Å². The van der Waals surface area contributed by atoms with Crippen molar-refractivity contribution in [3.8, 4) is 0 Å². The Hall–Kier alpha value is -0.520. The van der Waals surface area contributed by atoms with Crippen molar-refractivity contribution >= 4 is 29.0 Å². The van der Waals surface area contributed by atoms with Gasteiger partial charge in [-0.15, -0.1) is 23.1 Å². The Morgan fingerprint density at radius 2 is 2.64 bits per heavy atom. The van der Waals surface area contributed by atoms with E-state index in [0.717, 1.165) is 4.21 Å². The van der Waals surface area contributed by atoms with Gasteiger partial charge in [0.25, 0.3) is 5.91 Å². The lowest BCUT2D eigenvalue weighted by atomic mass is 10.7. The minimum absolute atomic E-state index is 0.261. The summed E-state index contributed by atoms with van der Waals surface area (Å²) in [6.45, 7) is 0. The summed E-state index contributed by atoms with van der Waals surface area (Å²) in [4.78, 5) is 10.5. The number of hydrogen-bond acceptors (Lipinski definition) is 4. The van der Waals surface area contributed by atoms with E-state index in [2.05, 4.69) is 0 Å². The highest BCUT2D eigenvalue weighted by Gasteiger charge is 2.00. The molecule has 11 heavy (non-hydrogen) atoms. The standard InChI is InChI=1S/C6H7NO2S2/c8-5(7-9)4-11-6-2-1-3-10-6/h1-3,9H,4H2,(H,7,8). The predicted molar refractivity (Wildman–Crippen MR) is 45.0 cm³/mol. The number of thiophene rings is 1. The van der Waals surface area contributed by atoms with Gasteiger partial charge in [-0.05, 0) is 11.4 Å². The highest BCUT2D eigenvalue weighted by atomic mass is 32.2. The molecule has 0 saturated heterocycles. The lowest BCUT2D eigenvalue weighted by Crippen LogP contribution is -2.20. The largest absolute Gasteiger partial charge is 0.289 e. The van der Waals surface area contributed by atoms with Gasteiger partial charge in [-0.3, -0.25) is 10.0 Å². The molecule has 60 valence electrons. The molecule has 1 rings (SSSR count). The molecule has 0 saturated carbocycles. The van der Waals surface area contributed by atoms with Crippen LogP contribution in [-0.4, -0.2) is 16.9 Å². The first kappa shape index (κ1) is 8.58. The zero-order valence-electron chi connectivity index (χ0n) is 5.61. The molecule has 0 aliphatic carbocycles. The zero-order chi connectivity index (χ0) is 8.10. The summed E-state index contributed by atoms with van der Waals surface area (Å²) in [7, 11) is 0. The van der Waals surface area contributed by atoms with Crippen LogP contribution in [0.3, 0.4) is 0 Å². The number of rotatable bonds is 3. The van der Waals surface area contributed by atoms with Gasteiger partial charge in [0, 0.05) is 0 Å². The molecule has 1 aromatic heterocycles. The summed E-state index contributed by atoms with van der Waals surface area (Å²) < 4.78 is 1.08. The highest BCUT2D eigenvalue weighted by Crippen LogP contribution is 2.22. The van der Waals surface area contributed by atoms with Gasteiger partial charge in [-0.1, -0.05) is 6.07 Å². The van der Waals surface area contributed by atoms with Gasteiger partial charge in [0.1, 0.15) is 0 Å². The summed E-state index contributed by atoms with van der Waals surface area (Å²) in [5.41, 5.74) is 1.57. The Balaban J connectivity index is 2.29. The van der Waals surface area contributed by atoms with Crippen LogP contribution in [0.25, 0.3) is 0 Å². The molecule has 0 radical (unpaired) electrons. The van der Waals surface area contributed by atoms with Crippen LogP contribution in [0.2, 0.25) is 0 Å². The van der Waals surface area contributed by atoms with Crippen molar-refractivity contribution in [1.29, 1.82) is 0 Å². The normalized spacial score (nSPS) is 9.55. The fraction of sp³-hybridized carbons (Fsp3) is 0.167. The van der Waals surface area contributed by atoms with E-state index >= 15 is 0 Å². The van der Waals surface area contributed by atoms with Gasteiger partial charge in [0.2, 0.25) is 0 Å². The lowest BCUT2D eigenvalue weighted by molar-refractivity contribution is -0.126. The zero-order valence-corrected chi connectivity index (χ0v) is 7.24. The summed E-state index contributed by atoms with van der Waals surface area (Å²) in [5.74, 6) is -0.111. The van der Waals surface area contributed by atoms with E-state index in [4.69, 9.17) is 5.21 Å². The van der Waals surface area contributed by atoms with Gasteiger partial charge in [-0.25, -0.2) is 5.48 Å². The summed E-state index contributed by atoms with van der Waals surface area (Å²) in [5, 5.41) is 10.1. The maximum Gasteiger partial charge on any atom is 0.253 e. The summed E-state index contributed by atoms with van der Waals surface area (Å²) >= 11 is 2.98. The number of hydroxylamine groups is 1. The molecule has 0 unspecified atom stereocenters. The number of thioether (sulfide) groups is 1. The van der Waals surface area contributed by atoms with Crippen molar-refractivity contribution < 1.29 is 10.0 Å². The molecular formula is C6H7NO2S2. The molecule has 1 aromatic rings. The molecule has 5 heteroatoms. The molecule has 3 nitrogen and oxygen atoms in total. The maximum atomic E-state index is 10.5. The molecule has 0 aromatic carbocycles. The van der Waals surface area contributed by atoms with Gasteiger partial charge in [0.15, 0.2) is 0 Å². The van der Waals surface area contributed by atoms with Crippen LogP contribution in [0.5, 0.6) is 0 Å². The SMILES string of the molecule is O=C(CSc1cccs1)NO. The molecule has 0 aliphatic heterocycles. The average molecular weight is 189 g/mol. The van der Waals surface area contributed by atoms with Gasteiger partial charge in [-0.2, -0.15) is 0 Å². The van der Waals surface area contributed by atoms with Crippen molar-refractivity contribution in [2.24, 2.45) is 0 Å². The number of carbonyl (C=O) groups is 1. The first-order chi connectivity index (χ1) is 5.33. The van der Waals surface area contributed by atoms with Crippen molar-refractivity contribution in [2.45, 2.75) is 4.21 Å². The average Bonchev–Trinajstić information content (AvgIpc) is 2.52. The van der Waals surface area contributed by atoms with Crippen molar-refractivity contribution in [2.75, 3.05) is 5.75 Å². The molecule has 1 amide bonds. The third-order valence-corrected chi connectivity index (χ3v) is 3.10. The van der Waals surface area contributed by atoms with Gasteiger partial charge < -0.3 is 0 Å². The molecular weight excluding hydrogens is 182 g/mol. The Morgan fingerprint density at radius 1 is 1.82 bits per heavy atom. The predicted octanol–water partition coefficient (Wildman–Crippen LogP) is 1.35. The second-order valence-electron chi connectivity index (χ2n) is 1.76. The van der Waals surface area contributed by atoms with E-state index in [-0.39, 0.29) is 11.7 Å². The lowest BCUT2D eigenvalue weighted by Gasteiger charge is -1.94. The van der Waals surface area contributed by atoms with E-state index in [9.17, 15) is 4.79 Å². The fourth-order valence-corrected chi connectivity index (χ4v) is 2.09. The van der Waals surface area contributed by atoms with E-state index in [1.54, 1.807) is 16.8 Å². The van der Waals surface area contributed by atoms with Crippen LogP contribution in [0.1, 0.15) is 0 Å². The molecule has 1 heterocycles. The Bertz CT molecular complexity index is 222. The van der Waals surface area contributed by atoms with E-state index in [0.29, 0.717) is 0 Å². The molecule has 0 atom stereocenters. The third-order valence-electron chi connectivity index (χ3n) is 0.965. The van der Waals surface area contributed by atoms with E-state index in [1.807, 2.05) is 17.5 Å². The Kier molecular flexibility index (Phi) is 3.41. The molecule has 0 spiro atoms. The van der Waals surface area contributed by atoms with Crippen LogP contribution >= 0.6 is 23.1 Å². The first-order valence-corrected chi connectivity index (χ1v) is 4.78. The minimum Gasteiger partial charge on any atom is -0.289 e. The third kappa shape index (κ3) is 2.92. The summed E-state index contributed by atoms with van der Waals surface area (Å²) in [6, 6.07) is 3.85. The van der Waals surface area contributed by atoms with Crippen LogP contribution in [-0.2, 0) is 4.79 Å². The minimum atomic E-state index is -0.372.